The summed E-state index contributed by atoms with van der Waals surface area (Å²) >= 11 is 6.91. The van der Waals surface area contributed by atoms with E-state index in [0.29, 0.717) is 33.8 Å². The molecule has 1 aliphatic heterocycles. The maximum Gasteiger partial charge on any atom is 0.335 e. The standard InChI is InChI=1S/C27H22Br2N2O5/c1-15-4-9-22(16(2)10-15)31-26(33)20(25(32)30-27(31)34)11-18-12-21(29)24(23(13-18)35-3)36-14-17-5-7-19(28)8-6-17/h4-13H,14H2,1-3H3,(H,30,32,34)/b20-11+. The van der Waals surface area contributed by atoms with Crippen molar-refractivity contribution < 1.29 is 23.9 Å². The first-order valence-corrected chi connectivity index (χ1v) is 12.5. The number of imide groups is 2. The van der Waals surface area contributed by atoms with Crippen LogP contribution in [0.4, 0.5) is 10.5 Å². The van der Waals surface area contributed by atoms with Gasteiger partial charge in [0.15, 0.2) is 11.5 Å². The van der Waals surface area contributed by atoms with Gasteiger partial charge in [0.25, 0.3) is 11.8 Å². The van der Waals surface area contributed by atoms with Crippen LogP contribution >= 0.6 is 31.9 Å². The molecule has 3 aromatic rings. The molecule has 0 unspecified atom stereocenters. The summed E-state index contributed by atoms with van der Waals surface area (Å²) in [6.45, 7) is 4.04. The fourth-order valence-corrected chi connectivity index (χ4v) is 4.64. The Morgan fingerprint density at radius 2 is 1.69 bits per heavy atom. The lowest BCUT2D eigenvalue weighted by Crippen LogP contribution is -2.54. The number of methoxy groups -OCH3 is 1. The molecular formula is C27H22Br2N2O5. The fraction of sp³-hybridized carbons (Fsp3) is 0.148. The number of halogens is 2. The van der Waals surface area contributed by atoms with Gasteiger partial charge in [-0.05, 0) is 82.9 Å². The zero-order valence-electron chi connectivity index (χ0n) is 19.7. The van der Waals surface area contributed by atoms with Crippen molar-refractivity contribution in [2.45, 2.75) is 20.5 Å². The second-order valence-electron chi connectivity index (χ2n) is 8.20. The van der Waals surface area contributed by atoms with Crippen molar-refractivity contribution in [3.63, 3.8) is 0 Å². The summed E-state index contributed by atoms with van der Waals surface area (Å²) in [6, 6.07) is 15.7. The zero-order valence-corrected chi connectivity index (χ0v) is 22.9. The number of barbiturate groups is 1. The average Bonchev–Trinajstić information content (AvgIpc) is 2.83. The van der Waals surface area contributed by atoms with E-state index in [-0.39, 0.29) is 5.57 Å². The minimum Gasteiger partial charge on any atom is -0.493 e. The molecule has 3 aromatic carbocycles. The molecule has 1 saturated heterocycles. The molecule has 9 heteroatoms. The van der Waals surface area contributed by atoms with E-state index in [9.17, 15) is 14.4 Å². The number of amides is 4. The molecule has 4 amide bonds. The SMILES string of the molecule is COc1cc(/C=C2\C(=O)NC(=O)N(c3ccc(C)cc3C)C2=O)cc(Br)c1OCc1ccc(Br)cc1. The number of anilines is 1. The molecule has 1 fully saturated rings. The van der Waals surface area contributed by atoms with Gasteiger partial charge in [-0.15, -0.1) is 0 Å². The van der Waals surface area contributed by atoms with Gasteiger partial charge in [0.1, 0.15) is 12.2 Å². The number of hydrogen-bond acceptors (Lipinski definition) is 5. The van der Waals surface area contributed by atoms with Crippen molar-refractivity contribution >= 4 is 61.5 Å². The second kappa shape index (κ2) is 10.7. The van der Waals surface area contributed by atoms with Crippen LogP contribution in [0.5, 0.6) is 11.5 Å². The average molecular weight is 614 g/mol. The Balaban J connectivity index is 1.65. The van der Waals surface area contributed by atoms with Crippen molar-refractivity contribution in [3.8, 4) is 11.5 Å². The van der Waals surface area contributed by atoms with E-state index in [1.165, 1.54) is 13.2 Å². The lowest BCUT2D eigenvalue weighted by molar-refractivity contribution is -0.122. The predicted molar refractivity (Wildman–Crippen MR) is 144 cm³/mol. The van der Waals surface area contributed by atoms with Gasteiger partial charge in [-0.2, -0.15) is 0 Å². The number of benzene rings is 3. The molecule has 0 saturated carbocycles. The van der Waals surface area contributed by atoms with Crippen LogP contribution in [0.25, 0.3) is 6.08 Å². The third kappa shape index (κ3) is 5.37. The number of urea groups is 1. The van der Waals surface area contributed by atoms with Crippen LogP contribution < -0.4 is 19.7 Å². The number of carbonyl (C=O) groups excluding carboxylic acids is 3. The van der Waals surface area contributed by atoms with E-state index < -0.39 is 17.8 Å². The van der Waals surface area contributed by atoms with Crippen LogP contribution in [0.2, 0.25) is 0 Å². The van der Waals surface area contributed by atoms with E-state index in [1.807, 2.05) is 37.3 Å². The molecule has 1 heterocycles. The molecule has 0 aliphatic carbocycles. The van der Waals surface area contributed by atoms with Crippen LogP contribution in [0.3, 0.4) is 0 Å². The van der Waals surface area contributed by atoms with E-state index in [2.05, 4.69) is 37.2 Å². The summed E-state index contributed by atoms with van der Waals surface area (Å²) in [6.07, 6.45) is 1.42. The van der Waals surface area contributed by atoms with E-state index in [4.69, 9.17) is 9.47 Å². The van der Waals surface area contributed by atoms with Crippen molar-refractivity contribution in [3.05, 3.63) is 91.4 Å². The van der Waals surface area contributed by atoms with Crippen LogP contribution in [-0.4, -0.2) is 25.0 Å². The highest BCUT2D eigenvalue weighted by Gasteiger charge is 2.37. The summed E-state index contributed by atoms with van der Waals surface area (Å²) in [5.74, 6) is -0.577. The van der Waals surface area contributed by atoms with Gasteiger partial charge >= 0.3 is 6.03 Å². The largest absolute Gasteiger partial charge is 0.493 e. The molecule has 0 radical (unpaired) electrons. The highest BCUT2D eigenvalue weighted by molar-refractivity contribution is 9.10. The molecular weight excluding hydrogens is 592 g/mol. The van der Waals surface area contributed by atoms with Crippen molar-refractivity contribution in [2.75, 3.05) is 12.0 Å². The highest BCUT2D eigenvalue weighted by atomic mass is 79.9. The Hall–Kier alpha value is -3.43. The van der Waals surface area contributed by atoms with Gasteiger partial charge in [0.2, 0.25) is 0 Å². The summed E-state index contributed by atoms with van der Waals surface area (Å²) in [5, 5.41) is 2.26. The monoisotopic (exact) mass is 612 g/mol. The first-order valence-electron chi connectivity index (χ1n) is 10.9. The maximum atomic E-state index is 13.3. The Kier molecular flexibility index (Phi) is 7.61. The number of nitrogens with one attached hydrogen (secondary N) is 1. The Morgan fingerprint density at radius 1 is 0.972 bits per heavy atom. The summed E-state index contributed by atoms with van der Waals surface area (Å²) < 4.78 is 13.0. The van der Waals surface area contributed by atoms with Crippen molar-refractivity contribution in [1.29, 1.82) is 0 Å². The molecule has 1 N–H and O–H groups in total. The molecule has 0 bridgehead atoms. The molecule has 36 heavy (non-hydrogen) atoms. The van der Waals surface area contributed by atoms with Gasteiger partial charge in [-0.25, -0.2) is 9.69 Å². The number of rotatable bonds is 6. The topological polar surface area (TPSA) is 84.9 Å². The molecule has 7 nitrogen and oxygen atoms in total. The van der Waals surface area contributed by atoms with Crippen LogP contribution in [0.15, 0.2) is 69.1 Å². The Morgan fingerprint density at radius 3 is 2.36 bits per heavy atom. The van der Waals surface area contributed by atoms with Gasteiger partial charge in [0.05, 0.1) is 17.3 Å². The molecule has 0 aromatic heterocycles. The van der Waals surface area contributed by atoms with Gasteiger partial charge in [-0.1, -0.05) is 45.8 Å². The lowest BCUT2D eigenvalue weighted by atomic mass is 10.0. The molecule has 1 aliphatic rings. The van der Waals surface area contributed by atoms with Crippen LogP contribution in [0, 0.1) is 13.8 Å². The van der Waals surface area contributed by atoms with E-state index >= 15 is 0 Å². The number of ether oxygens (including phenoxy) is 2. The Labute approximate surface area is 225 Å². The van der Waals surface area contributed by atoms with E-state index in [1.54, 1.807) is 31.2 Å². The van der Waals surface area contributed by atoms with Gasteiger partial charge < -0.3 is 9.47 Å². The normalized spacial score (nSPS) is 14.8. The Bertz CT molecular complexity index is 1400. The quantitative estimate of drug-likeness (QED) is 0.269. The van der Waals surface area contributed by atoms with Gasteiger partial charge in [0, 0.05) is 4.47 Å². The molecule has 184 valence electrons. The first kappa shape index (κ1) is 25.7. The zero-order chi connectivity index (χ0) is 26.0. The number of nitrogens with zero attached hydrogens (tertiary/aromatic N) is 1. The van der Waals surface area contributed by atoms with Crippen LogP contribution in [-0.2, 0) is 16.2 Å². The van der Waals surface area contributed by atoms with Crippen molar-refractivity contribution in [2.24, 2.45) is 0 Å². The molecule has 0 spiro atoms. The smallest absolute Gasteiger partial charge is 0.335 e. The maximum absolute atomic E-state index is 13.3. The highest BCUT2D eigenvalue weighted by Crippen LogP contribution is 2.38. The minimum atomic E-state index is -0.787. The number of carbonyl (C=O) groups is 3. The summed E-state index contributed by atoms with van der Waals surface area (Å²) in [4.78, 5) is 39.4. The number of hydrogen-bond donors (Lipinski definition) is 1. The molecule has 4 rings (SSSR count). The second-order valence-corrected chi connectivity index (χ2v) is 9.97. The summed E-state index contributed by atoms with van der Waals surface area (Å²) in [7, 11) is 1.50. The number of aryl methyl sites for hydroxylation is 2. The molecule has 0 atom stereocenters. The van der Waals surface area contributed by atoms with E-state index in [0.717, 1.165) is 26.1 Å². The minimum absolute atomic E-state index is 0.174. The lowest BCUT2D eigenvalue weighted by Gasteiger charge is -2.27. The fourth-order valence-electron chi connectivity index (χ4n) is 3.80. The first-order chi connectivity index (χ1) is 17.2. The third-order valence-corrected chi connectivity index (χ3v) is 6.67. The van der Waals surface area contributed by atoms with Gasteiger partial charge in [-0.3, -0.25) is 14.9 Å². The summed E-state index contributed by atoms with van der Waals surface area (Å²) in [5.41, 5.74) is 3.46. The third-order valence-electron chi connectivity index (χ3n) is 5.55. The predicted octanol–water partition coefficient (Wildman–Crippen LogP) is 6.08. The van der Waals surface area contributed by atoms with Crippen molar-refractivity contribution in [1.82, 2.24) is 5.32 Å². The van der Waals surface area contributed by atoms with Crippen LogP contribution in [0.1, 0.15) is 22.3 Å².